The number of rotatable bonds is 12. The summed E-state index contributed by atoms with van der Waals surface area (Å²) in [5.74, 6) is -1.38. The summed E-state index contributed by atoms with van der Waals surface area (Å²) in [6.07, 6.45) is 0.911. The first-order valence-electron chi connectivity index (χ1n) is 8.72. The SMILES string of the molecule is CCC(C)C(=O)NCC(NC(=O)C(C)CNC)C(=O)NCCC(C)=O.[HH]. The van der Waals surface area contributed by atoms with Crippen molar-refractivity contribution >= 4 is 23.5 Å². The second-order valence-corrected chi connectivity index (χ2v) is 6.32. The van der Waals surface area contributed by atoms with Crippen LogP contribution in [0.25, 0.3) is 0 Å². The summed E-state index contributed by atoms with van der Waals surface area (Å²) in [6.45, 7) is 7.57. The summed E-state index contributed by atoms with van der Waals surface area (Å²) in [5, 5.41) is 10.9. The minimum absolute atomic E-state index is 0. The van der Waals surface area contributed by atoms with Crippen LogP contribution in [0.5, 0.6) is 0 Å². The third-order valence-corrected chi connectivity index (χ3v) is 3.91. The number of hydrogen-bond donors (Lipinski definition) is 4. The van der Waals surface area contributed by atoms with Gasteiger partial charge in [0.2, 0.25) is 17.7 Å². The molecule has 25 heavy (non-hydrogen) atoms. The zero-order valence-electron chi connectivity index (χ0n) is 15.9. The van der Waals surface area contributed by atoms with Crippen LogP contribution < -0.4 is 21.3 Å². The molecule has 8 nitrogen and oxygen atoms in total. The van der Waals surface area contributed by atoms with Crippen molar-refractivity contribution in [1.82, 2.24) is 21.3 Å². The second kappa shape index (κ2) is 12.4. The maximum absolute atomic E-state index is 12.3. The van der Waals surface area contributed by atoms with Gasteiger partial charge in [0.05, 0.1) is 0 Å². The molecule has 0 saturated heterocycles. The monoisotopic (exact) mass is 358 g/mol. The fourth-order valence-corrected chi connectivity index (χ4v) is 1.97. The molecular weight excluding hydrogens is 324 g/mol. The zero-order chi connectivity index (χ0) is 19.4. The van der Waals surface area contributed by atoms with Gasteiger partial charge in [0.25, 0.3) is 0 Å². The van der Waals surface area contributed by atoms with E-state index in [1.807, 2.05) is 6.92 Å². The van der Waals surface area contributed by atoms with Gasteiger partial charge in [-0.1, -0.05) is 20.8 Å². The third kappa shape index (κ3) is 9.81. The highest BCUT2D eigenvalue weighted by Gasteiger charge is 2.24. The van der Waals surface area contributed by atoms with E-state index in [1.54, 1.807) is 20.9 Å². The lowest BCUT2D eigenvalue weighted by molar-refractivity contribution is -0.131. The predicted molar refractivity (Wildman–Crippen MR) is 97.9 cm³/mol. The lowest BCUT2D eigenvalue weighted by atomic mass is 10.1. The minimum Gasteiger partial charge on any atom is -0.354 e. The Hall–Kier alpha value is -1.96. The molecule has 0 aromatic rings. The van der Waals surface area contributed by atoms with Gasteiger partial charge in [0.15, 0.2) is 0 Å². The minimum atomic E-state index is -0.883. The maximum atomic E-state index is 12.3. The van der Waals surface area contributed by atoms with Gasteiger partial charge in [-0.05, 0) is 20.4 Å². The van der Waals surface area contributed by atoms with E-state index in [9.17, 15) is 19.2 Å². The van der Waals surface area contributed by atoms with Crippen molar-refractivity contribution in [3.05, 3.63) is 0 Å². The van der Waals surface area contributed by atoms with Crippen molar-refractivity contribution in [1.29, 1.82) is 0 Å². The lowest BCUT2D eigenvalue weighted by Gasteiger charge is -2.22. The van der Waals surface area contributed by atoms with E-state index in [4.69, 9.17) is 0 Å². The molecule has 0 saturated carbocycles. The van der Waals surface area contributed by atoms with Crippen LogP contribution in [0.3, 0.4) is 0 Å². The van der Waals surface area contributed by atoms with Gasteiger partial charge >= 0.3 is 0 Å². The third-order valence-electron chi connectivity index (χ3n) is 3.91. The fourth-order valence-electron chi connectivity index (χ4n) is 1.97. The smallest absolute Gasteiger partial charge is 0.244 e. The summed E-state index contributed by atoms with van der Waals surface area (Å²) in [6, 6.07) is -0.883. The average molecular weight is 358 g/mol. The Balaban J connectivity index is 0. The van der Waals surface area contributed by atoms with Crippen LogP contribution in [0, 0.1) is 11.8 Å². The van der Waals surface area contributed by atoms with E-state index in [-0.39, 0.29) is 50.4 Å². The molecule has 0 aliphatic heterocycles. The summed E-state index contributed by atoms with van der Waals surface area (Å²) < 4.78 is 0. The standard InChI is InChI=1S/C17H32N4O4.H2/c1-6-11(2)15(23)20-10-14(17(25)19-8-7-13(4)22)21-16(24)12(3)9-18-5;/h11-12,14,18H,6-10H2,1-5H3,(H,19,25)(H,20,23)(H,21,24);1H. The highest BCUT2D eigenvalue weighted by Crippen LogP contribution is 2.00. The molecule has 3 amide bonds. The molecule has 0 aromatic heterocycles. The zero-order valence-corrected chi connectivity index (χ0v) is 15.9. The first-order chi connectivity index (χ1) is 11.7. The van der Waals surface area contributed by atoms with Gasteiger partial charge < -0.3 is 21.3 Å². The Morgan fingerprint density at radius 3 is 2.08 bits per heavy atom. The maximum Gasteiger partial charge on any atom is 0.244 e. The lowest BCUT2D eigenvalue weighted by Crippen LogP contribution is -2.54. The molecule has 0 heterocycles. The van der Waals surface area contributed by atoms with Crippen LogP contribution >= 0.6 is 0 Å². The van der Waals surface area contributed by atoms with Crippen LogP contribution in [0.4, 0.5) is 0 Å². The van der Waals surface area contributed by atoms with Crippen LogP contribution in [-0.4, -0.2) is 56.2 Å². The normalized spacial score (nSPS) is 14.1. The number of ketones is 1. The Bertz CT molecular complexity index is 474. The number of hydrogen-bond acceptors (Lipinski definition) is 5. The predicted octanol–water partition coefficient (Wildman–Crippen LogP) is -0.170. The van der Waals surface area contributed by atoms with E-state index in [0.29, 0.717) is 13.0 Å². The molecule has 3 unspecified atom stereocenters. The average Bonchev–Trinajstić information content (AvgIpc) is 2.56. The molecule has 0 spiro atoms. The molecular formula is C17H34N4O4. The van der Waals surface area contributed by atoms with Crippen molar-refractivity contribution in [2.45, 2.75) is 46.6 Å². The Kier molecular flexibility index (Phi) is 11.4. The van der Waals surface area contributed by atoms with Crippen molar-refractivity contribution in [2.24, 2.45) is 11.8 Å². The second-order valence-electron chi connectivity index (χ2n) is 6.32. The fraction of sp³-hybridized carbons (Fsp3) is 0.765. The van der Waals surface area contributed by atoms with Gasteiger partial charge in [-0.2, -0.15) is 0 Å². The largest absolute Gasteiger partial charge is 0.354 e. The number of carbonyl (C=O) groups excluding carboxylic acids is 4. The number of carbonyl (C=O) groups is 4. The Labute approximate surface area is 151 Å². The van der Waals surface area contributed by atoms with Crippen LogP contribution in [0.15, 0.2) is 0 Å². The first-order valence-corrected chi connectivity index (χ1v) is 8.72. The first kappa shape index (κ1) is 23.0. The van der Waals surface area contributed by atoms with Crippen molar-refractivity contribution < 1.29 is 20.6 Å². The molecule has 0 fully saturated rings. The van der Waals surface area contributed by atoms with Crippen LogP contribution in [0.1, 0.15) is 42.0 Å². The summed E-state index contributed by atoms with van der Waals surface area (Å²) in [4.78, 5) is 47.3. The highest BCUT2D eigenvalue weighted by molar-refractivity contribution is 5.89. The van der Waals surface area contributed by atoms with Crippen molar-refractivity contribution in [2.75, 3.05) is 26.7 Å². The van der Waals surface area contributed by atoms with Gasteiger partial charge in [0, 0.05) is 39.3 Å². The molecule has 3 atom stereocenters. The quantitative estimate of drug-likeness (QED) is 0.386. The summed E-state index contributed by atoms with van der Waals surface area (Å²) in [5.41, 5.74) is 0. The molecule has 146 valence electrons. The molecule has 0 radical (unpaired) electrons. The van der Waals surface area contributed by atoms with E-state index < -0.39 is 11.9 Å². The van der Waals surface area contributed by atoms with Crippen LogP contribution in [-0.2, 0) is 19.2 Å². The Morgan fingerprint density at radius 1 is 0.920 bits per heavy atom. The summed E-state index contributed by atoms with van der Waals surface area (Å²) in [7, 11) is 1.74. The molecule has 0 aliphatic carbocycles. The van der Waals surface area contributed by atoms with Gasteiger partial charge in [-0.25, -0.2) is 0 Å². The van der Waals surface area contributed by atoms with Gasteiger partial charge in [0.1, 0.15) is 11.8 Å². The topological polar surface area (TPSA) is 116 Å². The highest BCUT2D eigenvalue weighted by atomic mass is 16.2. The van der Waals surface area contributed by atoms with E-state index in [0.717, 1.165) is 0 Å². The molecule has 0 rings (SSSR count). The van der Waals surface area contributed by atoms with E-state index in [1.165, 1.54) is 6.92 Å². The molecule has 4 N–H and O–H groups in total. The van der Waals surface area contributed by atoms with Gasteiger partial charge in [-0.3, -0.25) is 19.2 Å². The molecule has 8 heteroatoms. The van der Waals surface area contributed by atoms with Crippen molar-refractivity contribution in [3.8, 4) is 0 Å². The molecule has 0 aliphatic rings. The summed E-state index contributed by atoms with van der Waals surface area (Å²) >= 11 is 0. The van der Waals surface area contributed by atoms with Gasteiger partial charge in [-0.15, -0.1) is 0 Å². The van der Waals surface area contributed by atoms with E-state index >= 15 is 0 Å². The Morgan fingerprint density at radius 2 is 1.56 bits per heavy atom. The van der Waals surface area contributed by atoms with Crippen LogP contribution in [0.2, 0.25) is 0 Å². The van der Waals surface area contributed by atoms with Crippen molar-refractivity contribution in [3.63, 3.8) is 0 Å². The number of nitrogens with one attached hydrogen (secondary N) is 4. The molecule has 0 bridgehead atoms. The number of Topliss-reactive ketones (excluding diaryl/α,β-unsaturated/α-hetero) is 1. The molecule has 0 aromatic carbocycles. The van der Waals surface area contributed by atoms with E-state index in [2.05, 4.69) is 21.3 Å². The number of amides is 3.